The topological polar surface area (TPSA) is 118 Å². The number of nitrogens with one attached hydrogen (secondary N) is 1. The summed E-state index contributed by atoms with van der Waals surface area (Å²) in [5, 5.41) is 17.1. The van der Waals surface area contributed by atoms with Crippen molar-refractivity contribution in [3.63, 3.8) is 0 Å². The summed E-state index contributed by atoms with van der Waals surface area (Å²) in [5.41, 5.74) is 4.00. The van der Waals surface area contributed by atoms with E-state index in [0.717, 1.165) is 66.9 Å². The third kappa shape index (κ3) is 5.33. The maximum absolute atomic E-state index is 14.5. The van der Waals surface area contributed by atoms with Gasteiger partial charge in [-0.1, -0.05) is 6.07 Å². The highest BCUT2D eigenvalue weighted by atomic mass is 19.1. The number of pyridine rings is 1. The van der Waals surface area contributed by atoms with Gasteiger partial charge in [-0.25, -0.2) is 19.2 Å². The average Bonchev–Trinajstić information content (AvgIpc) is 3.57. The number of halogens is 1. The number of rotatable bonds is 9. The normalized spacial score (nSPS) is 18.0. The molecule has 0 aliphatic carbocycles. The monoisotopic (exact) mass is 570 g/mol. The molecule has 2 aliphatic heterocycles. The van der Waals surface area contributed by atoms with Crippen LogP contribution in [-0.2, 0) is 24.4 Å². The number of hydrogen-bond acceptors (Lipinski definition) is 7. The molecular formula is C31H31FN6O4. The molecule has 0 saturated carbocycles. The molecule has 11 heteroatoms. The molecule has 2 fully saturated rings. The maximum Gasteiger partial charge on any atom is 0.335 e. The molecule has 2 N–H and O–H groups in total. The zero-order valence-corrected chi connectivity index (χ0v) is 23.0. The van der Waals surface area contributed by atoms with Gasteiger partial charge in [-0.15, -0.1) is 0 Å². The molecule has 216 valence electrons. The largest absolute Gasteiger partial charge is 0.478 e. The predicted octanol–water partition coefficient (Wildman–Crippen LogP) is 4.89. The molecule has 0 radical (unpaired) electrons. The Morgan fingerprint density at radius 1 is 1.10 bits per heavy atom. The Hall–Kier alpha value is -4.35. The fourth-order valence-electron chi connectivity index (χ4n) is 5.85. The highest BCUT2D eigenvalue weighted by Gasteiger charge is 2.26. The molecule has 0 unspecified atom stereocenters. The molecular weight excluding hydrogens is 539 g/mol. The lowest BCUT2D eigenvalue weighted by atomic mass is 9.93. The second kappa shape index (κ2) is 11.1. The van der Waals surface area contributed by atoms with Crippen molar-refractivity contribution in [2.45, 2.75) is 51.0 Å². The Morgan fingerprint density at radius 3 is 2.74 bits per heavy atom. The van der Waals surface area contributed by atoms with Crippen molar-refractivity contribution >= 4 is 27.9 Å². The van der Waals surface area contributed by atoms with Crippen molar-refractivity contribution in [1.29, 1.82) is 0 Å². The van der Waals surface area contributed by atoms with Crippen LogP contribution in [0.5, 0.6) is 5.88 Å². The molecule has 10 nitrogen and oxygen atoms in total. The van der Waals surface area contributed by atoms with Crippen LogP contribution < -0.4 is 4.74 Å². The van der Waals surface area contributed by atoms with Gasteiger partial charge in [0.1, 0.15) is 18.2 Å². The molecule has 5 aromatic rings. The standard InChI is InChI=1S/C31H31FN6O4/c32-24-12-21-15-33-36-27(21)13-22(24)18-42-30-3-1-2-25(35-30)19-6-9-37(10-7-19)17-29-34-26-5-4-20(31(39)40)14-28(26)38(29)16-23-8-11-41-23/h1-5,12-15,19,23H,6-11,16-18H2,(H,33,36)(H,39,40)/t23-/m0/s1. The van der Waals surface area contributed by atoms with Gasteiger partial charge < -0.3 is 19.1 Å². The van der Waals surface area contributed by atoms with Gasteiger partial charge in [-0.05, 0) is 68.8 Å². The minimum absolute atomic E-state index is 0.0738. The van der Waals surface area contributed by atoms with Crippen LogP contribution in [0.3, 0.4) is 0 Å². The maximum atomic E-state index is 14.5. The van der Waals surface area contributed by atoms with Crippen molar-refractivity contribution in [2.75, 3.05) is 19.7 Å². The summed E-state index contributed by atoms with van der Waals surface area (Å²) in [6.07, 6.45) is 4.67. The fraction of sp³-hybridized carbons (Fsp3) is 0.355. The number of aromatic nitrogens is 5. The van der Waals surface area contributed by atoms with Crippen molar-refractivity contribution in [3.05, 3.63) is 83.2 Å². The molecule has 7 rings (SSSR count). The zero-order chi connectivity index (χ0) is 28.6. The van der Waals surface area contributed by atoms with E-state index in [1.165, 1.54) is 6.07 Å². The quantitative estimate of drug-likeness (QED) is 0.257. The van der Waals surface area contributed by atoms with Gasteiger partial charge in [0.15, 0.2) is 0 Å². The Balaban J connectivity index is 1.01. The summed E-state index contributed by atoms with van der Waals surface area (Å²) in [4.78, 5) is 23.6. The van der Waals surface area contributed by atoms with Gasteiger partial charge in [0.05, 0.1) is 41.3 Å². The number of fused-ring (bicyclic) bond motifs is 2. The number of carboxylic acids is 1. The van der Waals surface area contributed by atoms with Gasteiger partial charge in [0, 0.05) is 41.4 Å². The first-order valence-electron chi connectivity index (χ1n) is 14.3. The van der Waals surface area contributed by atoms with Crippen LogP contribution in [0.2, 0.25) is 0 Å². The summed E-state index contributed by atoms with van der Waals surface area (Å²) in [6.45, 7) is 3.95. The second-order valence-electron chi connectivity index (χ2n) is 11.1. The number of H-pyrrole nitrogens is 1. The number of aromatic carboxylic acids is 1. The predicted molar refractivity (Wildman–Crippen MR) is 153 cm³/mol. The number of hydrogen-bond donors (Lipinski definition) is 2. The van der Waals surface area contributed by atoms with Crippen LogP contribution in [0.25, 0.3) is 21.9 Å². The van der Waals surface area contributed by atoms with E-state index in [1.54, 1.807) is 36.5 Å². The summed E-state index contributed by atoms with van der Waals surface area (Å²) in [7, 11) is 0. The Bertz CT molecular complexity index is 1760. The van der Waals surface area contributed by atoms with Crippen LogP contribution in [0.15, 0.2) is 54.7 Å². The van der Waals surface area contributed by atoms with Gasteiger partial charge in [-0.3, -0.25) is 10.00 Å². The molecule has 3 aromatic heterocycles. The molecule has 5 heterocycles. The van der Waals surface area contributed by atoms with Gasteiger partial charge >= 0.3 is 5.97 Å². The number of likely N-dealkylation sites (tertiary alicyclic amines) is 1. The first kappa shape index (κ1) is 26.5. The zero-order valence-electron chi connectivity index (χ0n) is 23.0. The second-order valence-corrected chi connectivity index (χ2v) is 11.1. The van der Waals surface area contributed by atoms with Crippen molar-refractivity contribution in [2.24, 2.45) is 0 Å². The fourth-order valence-corrected chi connectivity index (χ4v) is 5.85. The number of ether oxygens (including phenoxy) is 2. The minimum Gasteiger partial charge on any atom is -0.478 e. The smallest absolute Gasteiger partial charge is 0.335 e. The van der Waals surface area contributed by atoms with Crippen LogP contribution in [-0.4, -0.2) is 66.5 Å². The minimum atomic E-state index is -0.945. The molecule has 2 aliphatic rings. The van der Waals surface area contributed by atoms with E-state index >= 15 is 0 Å². The van der Waals surface area contributed by atoms with E-state index in [2.05, 4.69) is 19.7 Å². The molecule has 0 bridgehead atoms. The third-order valence-corrected chi connectivity index (χ3v) is 8.35. The molecule has 2 aromatic carbocycles. The number of carboxylic acid groups (broad SMARTS) is 1. The average molecular weight is 571 g/mol. The van der Waals surface area contributed by atoms with Crippen molar-refractivity contribution in [1.82, 2.24) is 29.6 Å². The summed E-state index contributed by atoms with van der Waals surface area (Å²) >= 11 is 0. The van der Waals surface area contributed by atoms with Crippen LogP contribution in [0, 0.1) is 5.82 Å². The first-order valence-corrected chi connectivity index (χ1v) is 14.3. The molecule has 42 heavy (non-hydrogen) atoms. The first-order chi connectivity index (χ1) is 20.5. The number of imidazole rings is 1. The van der Waals surface area contributed by atoms with Crippen LogP contribution in [0.1, 0.15) is 52.6 Å². The highest BCUT2D eigenvalue weighted by Crippen LogP contribution is 2.30. The summed E-state index contributed by atoms with van der Waals surface area (Å²) in [6, 6.07) is 14.0. The lowest BCUT2D eigenvalue weighted by Crippen LogP contribution is -2.35. The summed E-state index contributed by atoms with van der Waals surface area (Å²) in [5.74, 6) is 0.420. The molecule has 1 atom stereocenters. The van der Waals surface area contributed by atoms with Gasteiger partial charge in [-0.2, -0.15) is 5.10 Å². The van der Waals surface area contributed by atoms with Gasteiger partial charge in [0.2, 0.25) is 5.88 Å². The van der Waals surface area contributed by atoms with Crippen LogP contribution in [0.4, 0.5) is 4.39 Å². The van der Waals surface area contributed by atoms with E-state index in [0.29, 0.717) is 36.0 Å². The lowest BCUT2D eigenvalue weighted by molar-refractivity contribution is -0.0592. The van der Waals surface area contributed by atoms with Crippen LogP contribution >= 0.6 is 0 Å². The van der Waals surface area contributed by atoms with E-state index in [-0.39, 0.29) is 24.1 Å². The third-order valence-electron chi connectivity index (χ3n) is 8.35. The Morgan fingerprint density at radius 2 is 1.95 bits per heavy atom. The van der Waals surface area contributed by atoms with E-state index < -0.39 is 5.97 Å². The van der Waals surface area contributed by atoms with E-state index in [1.807, 2.05) is 12.1 Å². The number of piperidine rings is 1. The Labute approximate surface area is 241 Å². The number of carbonyl (C=O) groups is 1. The number of aromatic amines is 1. The van der Waals surface area contributed by atoms with Gasteiger partial charge in [0.25, 0.3) is 0 Å². The number of benzene rings is 2. The SMILES string of the molecule is O=C(O)c1ccc2nc(CN3CCC(c4cccc(OCc5cc6n[nH]cc6cc5F)n4)CC3)n(C[C@@H]3CCO3)c2c1. The van der Waals surface area contributed by atoms with Crippen molar-refractivity contribution in [3.8, 4) is 5.88 Å². The number of nitrogens with zero attached hydrogens (tertiary/aromatic N) is 5. The molecule has 2 saturated heterocycles. The van der Waals surface area contributed by atoms with E-state index in [9.17, 15) is 14.3 Å². The molecule has 0 spiro atoms. The lowest BCUT2D eigenvalue weighted by Gasteiger charge is -2.32. The van der Waals surface area contributed by atoms with Crippen molar-refractivity contribution < 1.29 is 23.8 Å². The van der Waals surface area contributed by atoms with E-state index in [4.69, 9.17) is 19.4 Å². The molecule has 0 amide bonds. The Kier molecular flexibility index (Phi) is 7.04. The summed E-state index contributed by atoms with van der Waals surface area (Å²) < 4.78 is 28.2. The highest BCUT2D eigenvalue weighted by molar-refractivity contribution is 5.92.